The maximum atomic E-state index is 4.36. The molecule has 24 heavy (non-hydrogen) atoms. The third-order valence-electron chi connectivity index (χ3n) is 4.95. The molecule has 0 amide bonds. The summed E-state index contributed by atoms with van der Waals surface area (Å²) >= 11 is 3.62. The van der Waals surface area contributed by atoms with Gasteiger partial charge in [-0.3, -0.25) is 4.99 Å². The van der Waals surface area contributed by atoms with E-state index < -0.39 is 0 Å². The molecule has 1 unspecified atom stereocenters. The molecule has 2 N–H and O–H groups in total. The number of rotatable bonds is 6. The highest BCUT2D eigenvalue weighted by Crippen LogP contribution is 2.22. The van der Waals surface area contributed by atoms with Crippen LogP contribution in [0.25, 0.3) is 0 Å². The fraction of sp³-hybridized carbons (Fsp3) is 0.632. The molecule has 134 valence electrons. The molecule has 1 fully saturated rings. The van der Waals surface area contributed by atoms with Gasteiger partial charge in [0, 0.05) is 18.1 Å². The monoisotopic (exact) mass is 394 g/mol. The third-order valence-corrected chi connectivity index (χ3v) is 5.67. The maximum Gasteiger partial charge on any atom is 0.191 e. The number of guanidine groups is 1. The Labute approximate surface area is 155 Å². The van der Waals surface area contributed by atoms with Crippen molar-refractivity contribution in [3.05, 3.63) is 34.3 Å². The highest BCUT2D eigenvalue weighted by atomic mass is 79.9. The Balaban J connectivity index is 1.74. The molecule has 0 aromatic heterocycles. The highest BCUT2D eigenvalue weighted by Gasteiger charge is 2.18. The molecule has 5 heteroatoms. The van der Waals surface area contributed by atoms with Crippen LogP contribution in [0.3, 0.4) is 0 Å². The molecule has 0 aliphatic carbocycles. The van der Waals surface area contributed by atoms with Gasteiger partial charge in [0.2, 0.25) is 0 Å². The van der Waals surface area contributed by atoms with Crippen LogP contribution in [0.4, 0.5) is 0 Å². The number of hydrogen-bond acceptors (Lipinski definition) is 2. The molecule has 1 saturated heterocycles. The summed E-state index contributed by atoms with van der Waals surface area (Å²) in [6.45, 7) is 9.10. The Kier molecular flexibility index (Phi) is 8.06. The third kappa shape index (κ3) is 5.78. The summed E-state index contributed by atoms with van der Waals surface area (Å²) in [4.78, 5) is 6.91. The fourth-order valence-corrected chi connectivity index (χ4v) is 3.92. The van der Waals surface area contributed by atoms with E-state index >= 15 is 0 Å². The average molecular weight is 395 g/mol. The van der Waals surface area contributed by atoms with Crippen LogP contribution >= 0.6 is 15.9 Å². The normalized spacial score (nSPS) is 18.4. The van der Waals surface area contributed by atoms with E-state index in [4.69, 9.17) is 0 Å². The van der Waals surface area contributed by atoms with Crippen molar-refractivity contribution in [1.82, 2.24) is 15.5 Å². The van der Waals surface area contributed by atoms with E-state index in [-0.39, 0.29) is 6.04 Å². The van der Waals surface area contributed by atoms with Crippen LogP contribution in [0.2, 0.25) is 0 Å². The van der Waals surface area contributed by atoms with Crippen molar-refractivity contribution in [1.29, 1.82) is 0 Å². The van der Waals surface area contributed by atoms with Crippen LogP contribution in [-0.4, -0.2) is 44.1 Å². The van der Waals surface area contributed by atoms with Crippen LogP contribution in [-0.2, 0) is 0 Å². The molecule has 1 heterocycles. The lowest BCUT2D eigenvalue weighted by Gasteiger charge is -2.31. The highest BCUT2D eigenvalue weighted by molar-refractivity contribution is 9.10. The van der Waals surface area contributed by atoms with E-state index in [1.807, 2.05) is 13.1 Å². The molecule has 1 aromatic carbocycles. The first-order valence-electron chi connectivity index (χ1n) is 9.08. The number of hydrogen-bond donors (Lipinski definition) is 2. The number of likely N-dealkylation sites (tertiary alicyclic amines) is 1. The molecule has 0 radical (unpaired) electrons. The minimum absolute atomic E-state index is 0.208. The van der Waals surface area contributed by atoms with Gasteiger partial charge in [-0.1, -0.05) is 41.1 Å². The molecule has 1 atom stereocenters. The Morgan fingerprint density at radius 3 is 2.67 bits per heavy atom. The van der Waals surface area contributed by atoms with Gasteiger partial charge >= 0.3 is 0 Å². The van der Waals surface area contributed by atoms with Gasteiger partial charge in [-0.15, -0.1) is 0 Å². The SMILES string of the molecule is CCN1CCC(CCNC(=NC)NC(C)c2ccccc2Br)CC1. The molecule has 1 aliphatic heterocycles. The van der Waals surface area contributed by atoms with Crippen molar-refractivity contribution in [2.75, 3.05) is 33.2 Å². The van der Waals surface area contributed by atoms with Crippen molar-refractivity contribution >= 4 is 21.9 Å². The van der Waals surface area contributed by atoms with Crippen molar-refractivity contribution in [3.63, 3.8) is 0 Å². The summed E-state index contributed by atoms with van der Waals surface area (Å²) < 4.78 is 1.13. The van der Waals surface area contributed by atoms with E-state index in [0.717, 1.165) is 22.9 Å². The maximum absolute atomic E-state index is 4.36. The Morgan fingerprint density at radius 2 is 2.04 bits per heavy atom. The van der Waals surface area contributed by atoms with E-state index in [9.17, 15) is 0 Å². The van der Waals surface area contributed by atoms with Crippen LogP contribution in [0.1, 0.15) is 44.7 Å². The standard InChI is InChI=1S/C19H31BrN4/c1-4-24-13-10-16(11-14-24)9-12-22-19(21-3)23-15(2)17-7-5-6-8-18(17)20/h5-8,15-16H,4,9-14H2,1-3H3,(H2,21,22,23). The van der Waals surface area contributed by atoms with Crippen molar-refractivity contribution < 1.29 is 0 Å². The second-order valence-corrected chi connectivity index (χ2v) is 7.41. The predicted molar refractivity (Wildman–Crippen MR) is 107 cm³/mol. The number of nitrogens with zero attached hydrogens (tertiary/aromatic N) is 2. The summed E-state index contributed by atoms with van der Waals surface area (Å²) in [5, 5.41) is 6.95. The summed E-state index contributed by atoms with van der Waals surface area (Å²) in [6.07, 6.45) is 3.88. The first-order valence-corrected chi connectivity index (χ1v) is 9.87. The summed E-state index contributed by atoms with van der Waals surface area (Å²) in [5.74, 6) is 1.73. The van der Waals surface area contributed by atoms with Crippen molar-refractivity contribution in [2.45, 2.75) is 39.2 Å². The number of nitrogens with one attached hydrogen (secondary N) is 2. The molecule has 1 aromatic rings. The molecular formula is C19H31BrN4. The number of benzene rings is 1. The number of piperidine rings is 1. The van der Waals surface area contributed by atoms with Gasteiger partial charge < -0.3 is 15.5 Å². The van der Waals surface area contributed by atoms with E-state index in [2.05, 4.69) is 68.5 Å². The predicted octanol–water partition coefficient (Wildman–Crippen LogP) is 3.80. The molecule has 0 spiro atoms. The van der Waals surface area contributed by atoms with Crippen LogP contribution in [0.15, 0.2) is 33.7 Å². The fourth-order valence-electron chi connectivity index (χ4n) is 3.29. The van der Waals surface area contributed by atoms with Gasteiger partial charge in [0.05, 0.1) is 6.04 Å². The van der Waals surface area contributed by atoms with Gasteiger partial charge in [0.1, 0.15) is 0 Å². The van der Waals surface area contributed by atoms with Crippen molar-refractivity contribution in [2.24, 2.45) is 10.9 Å². The first kappa shape index (κ1) is 19.3. The minimum Gasteiger partial charge on any atom is -0.356 e. The number of aliphatic imine (C=N–C) groups is 1. The van der Waals surface area contributed by atoms with E-state index in [0.29, 0.717) is 0 Å². The quantitative estimate of drug-likeness (QED) is 0.569. The largest absolute Gasteiger partial charge is 0.356 e. The second kappa shape index (κ2) is 10.0. The van der Waals surface area contributed by atoms with Gasteiger partial charge in [-0.2, -0.15) is 0 Å². The zero-order chi connectivity index (χ0) is 17.4. The topological polar surface area (TPSA) is 39.7 Å². The summed E-state index contributed by atoms with van der Waals surface area (Å²) in [5.41, 5.74) is 1.24. The van der Waals surface area contributed by atoms with E-state index in [1.165, 1.54) is 44.5 Å². The van der Waals surface area contributed by atoms with Gasteiger partial charge in [0.15, 0.2) is 5.96 Å². The molecular weight excluding hydrogens is 364 g/mol. The first-order chi connectivity index (χ1) is 11.6. The lowest BCUT2D eigenvalue weighted by Crippen LogP contribution is -2.40. The Bertz CT molecular complexity index is 524. The lowest BCUT2D eigenvalue weighted by atomic mass is 9.93. The Hall–Kier alpha value is -1.07. The molecule has 4 nitrogen and oxygen atoms in total. The van der Waals surface area contributed by atoms with Crippen LogP contribution in [0.5, 0.6) is 0 Å². The van der Waals surface area contributed by atoms with Gasteiger partial charge in [-0.25, -0.2) is 0 Å². The molecule has 2 rings (SSSR count). The van der Waals surface area contributed by atoms with E-state index in [1.54, 1.807) is 0 Å². The van der Waals surface area contributed by atoms with Crippen LogP contribution < -0.4 is 10.6 Å². The lowest BCUT2D eigenvalue weighted by molar-refractivity contribution is 0.187. The van der Waals surface area contributed by atoms with Gasteiger partial charge in [-0.05, 0) is 63.4 Å². The van der Waals surface area contributed by atoms with Crippen LogP contribution in [0, 0.1) is 5.92 Å². The second-order valence-electron chi connectivity index (χ2n) is 6.55. The molecule has 0 bridgehead atoms. The minimum atomic E-state index is 0.208. The molecule has 0 saturated carbocycles. The Morgan fingerprint density at radius 1 is 1.33 bits per heavy atom. The zero-order valence-corrected chi connectivity index (χ0v) is 16.8. The zero-order valence-electron chi connectivity index (χ0n) is 15.2. The van der Waals surface area contributed by atoms with Gasteiger partial charge in [0.25, 0.3) is 0 Å². The average Bonchev–Trinajstić information content (AvgIpc) is 2.61. The number of halogens is 1. The smallest absolute Gasteiger partial charge is 0.191 e. The summed E-state index contributed by atoms with van der Waals surface area (Å²) in [7, 11) is 1.84. The van der Waals surface area contributed by atoms with Crippen molar-refractivity contribution in [3.8, 4) is 0 Å². The summed E-state index contributed by atoms with van der Waals surface area (Å²) in [6, 6.07) is 8.52. The molecule has 1 aliphatic rings.